The Morgan fingerprint density at radius 1 is 1.08 bits per heavy atom. The van der Waals surface area contributed by atoms with Gasteiger partial charge in [0.15, 0.2) is 0 Å². The lowest BCUT2D eigenvalue weighted by atomic mass is 10.0. The van der Waals surface area contributed by atoms with Gasteiger partial charge in [-0.2, -0.15) is 0 Å². The van der Waals surface area contributed by atoms with Gasteiger partial charge in [-0.15, -0.1) is 0 Å². The van der Waals surface area contributed by atoms with E-state index < -0.39 is 0 Å². The lowest BCUT2D eigenvalue weighted by Crippen LogP contribution is -2.49. The third-order valence-corrected chi connectivity index (χ3v) is 4.50. The van der Waals surface area contributed by atoms with Crippen LogP contribution in [-0.4, -0.2) is 36.6 Å². The molecule has 1 aliphatic heterocycles. The number of carbonyl (C=O) groups excluding carboxylic acids is 1. The first-order chi connectivity index (χ1) is 12.3. The third kappa shape index (κ3) is 5.30. The highest BCUT2D eigenvalue weighted by molar-refractivity contribution is 5.77. The van der Waals surface area contributed by atoms with Crippen molar-refractivity contribution in [3.63, 3.8) is 0 Å². The number of carbonyl (C=O) groups is 1. The van der Waals surface area contributed by atoms with Gasteiger partial charge in [0.2, 0.25) is 5.91 Å². The van der Waals surface area contributed by atoms with Crippen molar-refractivity contribution in [1.29, 1.82) is 0 Å². The summed E-state index contributed by atoms with van der Waals surface area (Å²) in [4.78, 5) is 14.7. The predicted octanol–water partition coefficient (Wildman–Crippen LogP) is 3.95. The number of hydrogen-bond acceptors (Lipinski definition) is 2. The molecule has 0 radical (unpaired) electrons. The van der Waals surface area contributed by atoms with E-state index in [0.717, 1.165) is 12.8 Å². The van der Waals surface area contributed by atoms with Gasteiger partial charge in [-0.05, 0) is 24.0 Å². The van der Waals surface area contributed by atoms with Gasteiger partial charge in [0.25, 0.3) is 0 Å². The van der Waals surface area contributed by atoms with Crippen molar-refractivity contribution >= 4 is 12.0 Å². The number of nitrogens with zero attached hydrogens (tertiary/aromatic N) is 1. The van der Waals surface area contributed by atoms with Gasteiger partial charge in [0.1, 0.15) is 0 Å². The Morgan fingerprint density at radius 3 is 2.56 bits per heavy atom. The van der Waals surface area contributed by atoms with Gasteiger partial charge in [-0.25, -0.2) is 0 Å². The van der Waals surface area contributed by atoms with E-state index in [0.29, 0.717) is 26.2 Å². The Labute approximate surface area is 149 Å². The molecule has 0 saturated carbocycles. The second kappa shape index (κ2) is 9.19. The van der Waals surface area contributed by atoms with Gasteiger partial charge < -0.3 is 9.64 Å². The average molecular weight is 335 g/mol. The fourth-order valence-corrected chi connectivity index (χ4v) is 3.17. The zero-order valence-electron chi connectivity index (χ0n) is 14.5. The fraction of sp³-hybridized carbons (Fsp3) is 0.318. The number of rotatable bonds is 6. The van der Waals surface area contributed by atoms with Crippen LogP contribution in [0.3, 0.4) is 0 Å². The lowest BCUT2D eigenvalue weighted by molar-refractivity contribution is -0.139. The topological polar surface area (TPSA) is 29.5 Å². The second-order valence-electron chi connectivity index (χ2n) is 6.36. The summed E-state index contributed by atoms with van der Waals surface area (Å²) in [6.07, 6.45) is 6.33. The Hall–Kier alpha value is -2.39. The smallest absolute Gasteiger partial charge is 0.223 e. The predicted molar refractivity (Wildman–Crippen MR) is 101 cm³/mol. The van der Waals surface area contributed by atoms with Crippen molar-refractivity contribution in [3.8, 4) is 0 Å². The maximum Gasteiger partial charge on any atom is 0.223 e. The third-order valence-electron chi connectivity index (χ3n) is 4.50. The molecule has 0 unspecified atom stereocenters. The molecule has 2 aromatic rings. The Bertz CT molecular complexity index is 682. The van der Waals surface area contributed by atoms with Gasteiger partial charge in [-0.1, -0.05) is 72.8 Å². The van der Waals surface area contributed by atoms with Crippen LogP contribution < -0.4 is 0 Å². The van der Waals surface area contributed by atoms with Crippen LogP contribution in [0.4, 0.5) is 0 Å². The number of amides is 1. The fourth-order valence-electron chi connectivity index (χ4n) is 3.17. The molecule has 0 spiro atoms. The van der Waals surface area contributed by atoms with Crippen molar-refractivity contribution in [2.45, 2.75) is 25.3 Å². The molecule has 0 aromatic heterocycles. The highest BCUT2D eigenvalue weighted by Gasteiger charge is 2.26. The summed E-state index contributed by atoms with van der Waals surface area (Å²) >= 11 is 0. The Morgan fingerprint density at radius 2 is 1.80 bits per heavy atom. The molecule has 130 valence electrons. The van der Waals surface area contributed by atoms with Gasteiger partial charge in [-0.3, -0.25) is 4.79 Å². The van der Waals surface area contributed by atoms with Crippen molar-refractivity contribution in [2.24, 2.45) is 0 Å². The molecular weight excluding hydrogens is 310 g/mol. The molecule has 25 heavy (non-hydrogen) atoms. The molecular formula is C22H25NO2. The monoisotopic (exact) mass is 335 g/mol. The molecule has 1 fully saturated rings. The standard InChI is InChI=1S/C22H25NO2/c24-22(14-8-7-11-19-9-3-1-4-10-19)23-15-16-25-18-21(23)17-20-12-5-2-6-13-20/h1-7,9-13,21H,8,14-18H2/b11-7+/t21-/m0/s1. The zero-order valence-corrected chi connectivity index (χ0v) is 14.5. The van der Waals surface area contributed by atoms with E-state index in [-0.39, 0.29) is 11.9 Å². The normalized spacial score (nSPS) is 17.8. The van der Waals surface area contributed by atoms with Gasteiger partial charge in [0.05, 0.1) is 19.3 Å². The van der Waals surface area contributed by atoms with E-state index in [2.05, 4.69) is 36.4 Å². The highest BCUT2D eigenvalue weighted by atomic mass is 16.5. The van der Waals surface area contributed by atoms with Crippen LogP contribution in [0.5, 0.6) is 0 Å². The van der Waals surface area contributed by atoms with Crippen molar-refractivity contribution < 1.29 is 9.53 Å². The first-order valence-corrected chi connectivity index (χ1v) is 8.95. The quantitative estimate of drug-likeness (QED) is 0.800. The molecule has 0 aliphatic carbocycles. The Balaban J connectivity index is 1.53. The molecule has 0 bridgehead atoms. The summed E-state index contributed by atoms with van der Waals surface area (Å²) < 4.78 is 5.61. The molecule has 1 atom stereocenters. The van der Waals surface area contributed by atoms with Gasteiger partial charge in [0, 0.05) is 13.0 Å². The summed E-state index contributed by atoms with van der Waals surface area (Å²) in [5.41, 5.74) is 2.42. The molecule has 2 aromatic carbocycles. The maximum atomic E-state index is 12.6. The van der Waals surface area contributed by atoms with E-state index in [1.54, 1.807) is 0 Å². The maximum absolute atomic E-state index is 12.6. The largest absolute Gasteiger partial charge is 0.377 e. The minimum absolute atomic E-state index is 0.141. The summed E-state index contributed by atoms with van der Waals surface area (Å²) in [6.45, 7) is 1.95. The summed E-state index contributed by atoms with van der Waals surface area (Å²) in [7, 11) is 0. The number of benzene rings is 2. The van der Waals surface area contributed by atoms with Crippen LogP contribution in [0.2, 0.25) is 0 Å². The molecule has 1 saturated heterocycles. The van der Waals surface area contributed by atoms with Crippen molar-refractivity contribution in [2.75, 3.05) is 19.8 Å². The zero-order chi connectivity index (χ0) is 17.3. The minimum atomic E-state index is 0.141. The first kappa shape index (κ1) is 17.4. The molecule has 0 N–H and O–H groups in total. The van der Waals surface area contributed by atoms with Crippen LogP contribution in [0.25, 0.3) is 6.08 Å². The van der Waals surface area contributed by atoms with E-state index in [9.17, 15) is 4.79 Å². The summed E-state index contributed by atoms with van der Waals surface area (Å²) in [6, 6.07) is 20.6. The van der Waals surface area contributed by atoms with Gasteiger partial charge >= 0.3 is 0 Å². The summed E-state index contributed by atoms with van der Waals surface area (Å²) in [5, 5.41) is 0. The minimum Gasteiger partial charge on any atom is -0.377 e. The van der Waals surface area contributed by atoms with E-state index in [4.69, 9.17) is 4.74 Å². The highest BCUT2D eigenvalue weighted by Crippen LogP contribution is 2.15. The van der Waals surface area contributed by atoms with Crippen LogP contribution in [0, 0.1) is 0 Å². The molecule has 1 amide bonds. The van der Waals surface area contributed by atoms with Crippen LogP contribution in [0.15, 0.2) is 66.7 Å². The van der Waals surface area contributed by atoms with Crippen molar-refractivity contribution in [1.82, 2.24) is 4.90 Å². The number of morpholine rings is 1. The number of hydrogen-bond donors (Lipinski definition) is 0. The second-order valence-corrected chi connectivity index (χ2v) is 6.36. The number of allylic oxidation sites excluding steroid dienone is 1. The van der Waals surface area contributed by atoms with Crippen LogP contribution >= 0.6 is 0 Å². The van der Waals surface area contributed by atoms with Crippen LogP contribution in [-0.2, 0) is 16.0 Å². The number of ether oxygens (including phenoxy) is 1. The first-order valence-electron chi connectivity index (χ1n) is 8.95. The van der Waals surface area contributed by atoms with Crippen molar-refractivity contribution in [3.05, 3.63) is 77.9 Å². The average Bonchev–Trinajstić information content (AvgIpc) is 2.67. The SMILES string of the molecule is O=C(CC/C=C/c1ccccc1)N1CCOC[C@@H]1Cc1ccccc1. The molecule has 3 heteroatoms. The van der Waals surface area contributed by atoms with E-state index in [1.165, 1.54) is 11.1 Å². The molecule has 3 rings (SSSR count). The summed E-state index contributed by atoms with van der Waals surface area (Å²) in [5.74, 6) is 0.224. The molecule has 3 nitrogen and oxygen atoms in total. The van der Waals surface area contributed by atoms with Crippen LogP contribution in [0.1, 0.15) is 24.0 Å². The molecule has 1 aliphatic rings. The molecule has 1 heterocycles. The Kier molecular flexibility index (Phi) is 6.41. The van der Waals surface area contributed by atoms with E-state index in [1.807, 2.05) is 41.3 Å². The van der Waals surface area contributed by atoms with E-state index >= 15 is 0 Å². The lowest BCUT2D eigenvalue weighted by Gasteiger charge is -2.36.